The first-order valence-electron chi connectivity index (χ1n) is 3.17. The summed E-state index contributed by atoms with van der Waals surface area (Å²) in [5, 5.41) is 33.8. The summed E-state index contributed by atoms with van der Waals surface area (Å²) < 4.78 is 0. The Morgan fingerprint density at radius 1 is 1.00 bits per heavy atom. The van der Waals surface area contributed by atoms with Gasteiger partial charge in [-0.15, -0.1) is 0 Å². The maximum atomic E-state index is 10.3. The van der Waals surface area contributed by atoms with Crippen LogP contribution in [0.2, 0.25) is 0 Å². The molecule has 0 heterocycles. The molecule has 0 aliphatic heterocycles. The molecule has 0 aliphatic carbocycles. The number of carboxylic acids is 3. The summed E-state index contributed by atoms with van der Waals surface area (Å²) in [7, 11) is 0. The van der Waals surface area contributed by atoms with Gasteiger partial charge in [0.25, 0.3) is 0 Å². The summed E-state index contributed by atoms with van der Waals surface area (Å²) in [5.74, 6) is -5.02. The van der Waals surface area contributed by atoms with Gasteiger partial charge in [-0.1, -0.05) is 0 Å². The summed E-state index contributed by atoms with van der Waals surface area (Å²) in [6.07, 6.45) is -2.29. The minimum atomic E-state index is -2.74. The van der Waals surface area contributed by atoms with Crippen LogP contribution < -0.4 is 29.6 Å². The molecule has 0 bridgehead atoms. The van der Waals surface area contributed by atoms with E-state index in [0.29, 0.717) is 0 Å². The summed E-state index contributed by atoms with van der Waals surface area (Å²) in [4.78, 5) is 30.5. The Labute approximate surface area is 124 Å². The molecule has 0 aliphatic rings. The molecule has 0 atom stereocenters. The minimum absolute atomic E-state index is 0. The van der Waals surface area contributed by atoms with Gasteiger partial charge in [-0.25, -0.2) is 4.79 Å². The van der Waals surface area contributed by atoms with E-state index in [-0.39, 0.29) is 53.4 Å². The second-order valence-corrected chi connectivity index (χ2v) is 2.48. The molecule has 4 N–H and O–H groups in total. The Bertz CT molecular complexity index is 243. The van der Waals surface area contributed by atoms with Crippen molar-refractivity contribution in [3.8, 4) is 0 Å². The van der Waals surface area contributed by atoms with Crippen molar-refractivity contribution in [1.29, 1.82) is 0 Å². The number of carbonyl (C=O) groups is 3. The van der Waals surface area contributed by atoms with Gasteiger partial charge in [-0.05, 0) is 0 Å². The van der Waals surface area contributed by atoms with E-state index in [1.807, 2.05) is 0 Å². The third-order valence-corrected chi connectivity index (χ3v) is 1.29. The van der Waals surface area contributed by atoms with Crippen LogP contribution in [0, 0.1) is 0 Å². The first-order valence-corrected chi connectivity index (χ1v) is 3.17. The minimum Gasteiger partial charge on any atom is -1.00 e. The largest absolute Gasteiger partial charge is 1.00 e. The van der Waals surface area contributed by atoms with Crippen molar-refractivity contribution >= 4 is 17.9 Å². The maximum absolute atomic E-state index is 10.3. The fraction of sp³-hybridized carbons (Fsp3) is 0.500. The Kier molecular flexibility index (Phi) is 11.3. The average Bonchev–Trinajstić information content (AvgIpc) is 1.82. The number of rotatable bonds is 5. The molecule has 0 aromatic carbocycles. The molecule has 0 aromatic rings. The summed E-state index contributed by atoms with van der Waals surface area (Å²) >= 11 is 0. The summed E-state index contributed by atoms with van der Waals surface area (Å²) in [6, 6.07) is 0. The topological polar surface area (TPSA) is 132 Å². The van der Waals surface area contributed by atoms with E-state index in [0.717, 1.165) is 0 Å². The number of hydrogen-bond acceptors (Lipinski definition) is 4. The number of aliphatic hydroxyl groups is 1. The second-order valence-electron chi connectivity index (χ2n) is 2.48. The molecule has 9 heteroatoms. The molecular weight excluding hydrogens is 404 g/mol. The van der Waals surface area contributed by atoms with Gasteiger partial charge in [0.1, 0.15) is 0 Å². The molecule has 0 aromatic heterocycles. The second kappa shape index (κ2) is 8.28. The third-order valence-electron chi connectivity index (χ3n) is 1.29. The van der Waals surface area contributed by atoms with Crippen molar-refractivity contribution in [2.24, 2.45) is 0 Å². The standard InChI is InChI=1S/C6H8O7.Au.Na.H/c7-3(8)1-6(13,5(11)12)2-4(9)10;;;/h13H,1-2H2,(H,7,8)(H,9,10)(H,11,12);;;/q;;+1;-1. The van der Waals surface area contributed by atoms with Crippen molar-refractivity contribution in [3.63, 3.8) is 0 Å². The van der Waals surface area contributed by atoms with Crippen LogP contribution in [-0.4, -0.2) is 43.9 Å². The Morgan fingerprint density at radius 3 is 1.40 bits per heavy atom. The van der Waals surface area contributed by atoms with Crippen molar-refractivity contribution in [3.05, 3.63) is 0 Å². The maximum Gasteiger partial charge on any atom is 1.00 e. The first-order chi connectivity index (χ1) is 5.78. The predicted molar refractivity (Wildman–Crippen MR) is 38.2 cm³/mol. The molecule has 87 valence electrons. The Balaban J connectivity index is -0.000000240. The first kappa shape index (κ1) is 20.5. The Hall–Kier alpha value is 0.110. The monoisotopic (exact) mass is 413 g/mol. The van der Waals surface area contributed by atoms with Crippen molar-refractivity contribution in [1.82, 2.24) is 0 Å². The molecule has 15 heavy (non-hydrogen) atoms. The van der Waals surface area contributed by atoms with Gasteiger partial charge in [0.15, 0.2) is 5.60 Å². The number of hydrogen-bond donors (Lipinski definition) is 4. The van der Waals surface area contributed by atoms with Crippen LogP contribution in [0.1, 0.15) is 14.3 Å². The van der Waals surface area contributed by atoms with Crippen molar-refractivity contribution in [2.45, 2.75) is 18.4 Å². The molecule has 0 saturated carbocycles. The van der Waals surface area contributed by atoms with Crippen LogP contribution in [-0.2, 0) is 36.8 Å². The van der Waals surface area contributed by atoms with Gasteiger partial charge in [-0.3, -0.25) is 9.59 Å². The van der Waals surface area contributed by atoms with Gasteiger partial charge >= 0.3 is 47.5 Å². The van der Waals surface area contributed by atoms with Crippen LogP contribution in [0.15, 0.2) is 0 Å². The molecule has 0 saturated heterocycles. The SMILES string of the molecule is O=C(O)CC(O)(CC(=O)O)C(=O)O.[Au].[H-].[Na+]. The zero-order chi connectivity index (χ0) is 10.6. The molecule has 0 amide bonds. The predicted octanol–water partition coefficient (Wildman–Crippen LogP) is -4.13. The van der Waals surface area contributed by atoms with E-state index in [2.05, 4.69) is 0 Å². The molecule has 0 unspecified atom stereocenters. The van der Waals surface area contributed by atoms with E-state index in [9.17, 15) is 14.4 Å². The number of carboxylic acid groups (broad SMARTS) is 3. The van der Waals surface area contributed by atoms with Crippen LogP contribution >= 0.6 is 0 Å². The average molecular weight is 413 g/mol. The van der Waals surface area contributed by atoms with Gasteiger partial charge in [0, 0.05) is 22.4 Å². The fourth-order valence-corrected chi connectivity index (χ4v) is 0.714. The Morgan fingerprint density at radius 2 is 1.27 bits per heavy atom. The molecular formula is C6H9AuNaO7. The number of aliphatic carboxylic acids is 3. The molecule has 7 nitrogen and oxygen atoms in total. The van der Waals surface area contributed by atoms with Crippen LogP contribution in [0.3, 0.4) is 0 Å². The van der Waals surface area contributed by atoms with Crippen molar-refractivity contribution < 1.29 is 88.2 Å². The molecule has 1 radical (unpaired) electrons. The van der Waals surface area contributed by atoms with E-state index in [1.54, 1.807) is 0 Å². The van der Waals surface area contributed by atoms with Crippen LogP contribution in [0.4, 0.5) is 0 Å². The van der Waals surface area contributed by atoms with Crippen LogP contribution in [0.5, 0.6) is 0 Å². The summed E-state index contributed by atoms with van der Waals surface area (Å²) in [6.45, 7) is 0. The normalized spacial score (nSPS) is 9.40. The van der Waals surface area contributed by atoms with Crippen LogP contribution in [0.25, 0.3) is 0 Å². The van der Waals surface area contributed by atoms with E-state index >= 15 is 0 Å². The fourth-order valence-electron chi connectivity index (χ4n) is 0.714. The third kappa shape index (κ3) is 7.97. The van der Waals surface area contributed by atoms with E-state index in [4.69, 9.17) is 20.4 Å². The molecule has 0 rings (SSSR count). The quantitative estimate of drug-likeness (QED) is 0.337. The van der Waals surface area contributed by atoms with Gasteiger partial charge in [0.05, 0.1) is 12.8 Å². The smallest absolute Gasteiger partial charge is 1.00 e. The molecule has 0 fully saturated rings. The van der Waals surface area contributed by atoms with Crippen molar-refractivity contribution in [2.75, 3.05) is 0 Å². The zero-order valence-electron chi connectivity index (χ0n) is 8.73. The van der Waals surface area contributed by atoms with Gasteiger partial charge < -0.3 is 21.9 Å². The zero-order valence-corrected chi connectivity index (χ0v) is 11.9. The molecule has 0 spiro atoms. The van der Waals surface area contributed by atoms with Gasteiger partial charge in [-0.2, -0.15) is 0 Å². The van der Waals surface area contributed by atoms with E-state index < -0.39 is 36.4 Å². The summed E-state index contributed by atoms with van der Waals surface area (Å²) in [5.41, 5.74) is -2.74. The van der Waals surface area contributed by atoms with E-state index in [1.165, 1.54) is 0 Å². The van der Waals surface area contributed by atoms with Gasteiger partial charge in [0.2, 0.25) is 0 Å².